The second-order valence-electron chi connectivity index (χ2n) is 4.98. The number of ether oxygens (including phenoxy) is 1. The first-order valence-corrected chi connectivity index (χ1v) is 7.24. The lowest BCUT2D eigenvalue weighted by atomic mass is 9.86. The molecule has 4 nitrogen and oxygen atoms in total. The fraction of sp³-hybridized carbons (Fsp3) is 0.357. The number of benzene rings is 1. The average Bonchev–Trinajstić information content (AvgIpc) is 2.73. The molecule has 0 radical (unpaired) electrons. The molecular formula is C14H16BrN3O. The summed E-state index contributed by atoms with van der Waals surface area (Å²) in [5.74, 6) is 2.17. The highest BCUT2D eigenvalue weighted by Gasteiger charge is 2.18. The van der Waals surface area contributed by atoms with Crippen LogP contribution < -0.4 is 10.5 Å². The second-order valence-corrected chi connectivity index (χ2v) is 5.90. The smallest absolute Gasteiger partial charge is 0.126 e. The summed E-state index contributed by atoms with van der Waals surface area (Å²) < 4.78 is 6.85. The normalized spacial score (nSPS) is 15.2. The van der Waals surface area contributed by atoms with E-state index in [0.717, 1.165) is 33.9 Å². The highest BCUT2D eigenvalue weighted by molar-refractivity contribution is 9.10. The zero-order chi connectivity index (χ0) is 13.2. The molecule has 0 atom stereocenters. The van der Waals surface area contributed by atoms with Crippen LogP contribution in [0.4, 0.5) is 5.82 Å². The molecule has 2 aromatic rings. The van der Waals surface area contributed by atoms with Crippen LogP contribution in [0.15, 0.2) is 28.9 Å². The van der Waals surface area contributed by atoms with E-state index in [2.05, 4.69) is 26.1 Å². The van der Waals surface area contributed by atoms with Gasteiger partial charge in [-0.25, -0.2) is 0 Å². The molecule has 0 spiro atoms. The maximum atomic E-state index is 5.87. The quantitative estimate of drug-likeness (QED) is 0.904. The van der Waals surface area contributed by atoms with Crippen LogP contribution in [0.1, 0.15) is 19.3 Å². The molecule has 3 N–H and O–H groups in total. The Labute approximate surface area is 120 Å². The van der Waals surface area contributed by atoms with Crippen LogP contribution in [0.3, 0.4) is 0 Å². The Morgan fingerprint density at radius 1 is 1.37 bits per heavy atom. The Morgan fingerprint density at radius 3 is 2.84 bits per heavy atom. The molecule has 1 aromatic carbocycles. The molecule has 1 aliphatic rings. The van der Waals surface area contributed by atoms with Crippen molar-refractivity contribution < 1.29 is 4.74 Å². The summed E-state index contributed by atoms with van der Waals surface area (Å²) in [5, 5.41) is 6.69. The van der Waals surface area contributed by atoms with Gasteiger partial charge in [0.2, 0.25) is 0 Å². The summed E-state index contributed by atoms with van der Waals surface area (Å²) in [4.78, 5) is 0. The van der Waals surface area contributed by atoms with Gasteiger partial charge in [-0.15, -0.1) is 0 Å². The highest BCUT2D eigenvalue weighted by atomic mass is 79.9. The Bertz CT molecular complexity index is 578. The van der Waals surface area contributed by atoms with Gasteiger partial charge in [0.15, 0.2) is 0 Å². The zero-order valence-electron chi connectivity index (χ0n) is 10.5. The number of aromatic nitrogens is 2. The molecular weight excluding hydrogens is 306 g/mol. The van der Waals surface area contributed by atoms with E-state index >= 15 is 0 Å². The van der Waals surface area contributed by atoms with Gasteiger partial charge in [0, 0.05) is 10.0 Å². The molecule has 0 bridgehead atoms. The number of aromatic amines is 1. The molecule has 0 amide bonds. The zero-order valence-corrected chi connectivity index (χ0v) is 12.1. The minimum absolute atomic E-state index is 0.572. The number of nitrogens with one attached hydrogen (secondary N) is 1. The number of anilines is 1. The monoisotopic (exact) mass is 321 g/mol. The Hall–Kier alpha value is -1.49. The second kappa shape index (κ2) is 5.25. The summed E-state index contributed by atoms with van der Waals surface area (Å²) in [6.45, 7) is 0.802. The van der Waals surface area contributed by atoms with E-state index in [-0.39, 0.29) is 0 Å². The third kappa shape index (κ3) is 2.76. The molecule has 0 saturated heterocycles. The highest BCUT2D eigenvalue weighted by Crippen LogP contribution is 2.32. The van der Waals surface area contributed by atoms with Crippen molar-refractivity contribution in [3.05, 3.63) is 28.9 Å². The van der Waals surface area contributed by atoms with Gasteiger partial charge < -0.3 is 10.5 Å². The van der Waals surface area contributed by atoms with Crippen LogP contribution in [-0.4, -0.2) is 16.8 Å². The van der Waals surface area contributed by atoms with Gasteiger partial charge in [0.25, 0.3) is 0 Å². The predicted molar refractivity (Wildman–Crippen MR) is 79.0 cm³/mol. The SMILES string of the molecule is Nc1[nH]ncc1-c1cc(Br)cc(OCC2CCC2)c1. The first-order chi connectivity index (χ1) is 9.22. The number of nitrogens with zero attached hydrogens (tertiary/aromatic N) is 1. The van der Waals surface area contributed by atoms with E-state index in [4.69, 9.17) is 10.5 Å². The molecule has 3 rings (SSSR count). The average molecular weight is 322 g/mol. The van der Waals surface area contributed by atoms with Crippen molar-refractivity contribution >= 4 is 21.7 Å². The van der Waals surface area contributed by atoms with Crippen molar-refractivity contribution in [2.45, 2.75) is 19.3 Å². The number of halogens is 1. The number of rotatable bonds is 4. The molecule has 100 valence electrons. The minimum atomic E-state index is 0.572. The molecule has 1 heterocycles. The van der Waals surface area contributed by atoms with Crippen molar-refractivity contribution in [1.82, 2.24) is 10.2 Å². The fourth-order valence-corrected chi connectivity index (χ4v) is 2.67. The van der Waals surface area contributed by atoms with Crippen molar-refractivity contribution in [3.63, 3.8) is 0 Å². The summed E-state index contributed by atoms with van der Waals surface area (Å²) >= 11 is 3.51. The first kappa shape index (κ1) is 12.5. The third-order valence-corrected chi connectivity index (χ3v) is 4.02. The third-order valence-electron chi connectivity index (χ3n) is 3.56. The number of hydrogen-bond acceptors (Lipinski definition) is 3. The maximum absolute atomic E-state index is 5.87. The first-order valence-electron chi connectivity index (χ1n) is 6.45. The van der Waals surface area contributed by atoms with Crippen LogP contribution in [0, 0.1) is 5.92 Å². The van der Waals surface area contributed by atoms with Gasteiger partial charge in [0.05, 0.1) is 12.8 Å². The van der Waals surface area contributed by atoms with Crippen molar-refractivity contribution in [3.8, 4) is 16.9 Å². The van der Waals surface area contributed by atoms with Crippen LogP contribution >= 0.6 is 15.9 Å². The Balaban J connectivity index is 1.81. The summed E-state index contributed by atoms with van der Waals surface area (Å²) in [5.41, 5.74) is 7.75. The van der Waals surface area contributed by atoms with Crippen LogP contribution in [-0.2, 0) is 0 Å². The van der Waals surface area contributed by atoms with Crippen LogP contribution in [0.25, 0.3) is 11.1 Å². The van der Waals surface area contributed by atoms with Crippen molar-refractivity contribution in [1.29, 1.82) is 0 Å². The maximum Gasteiger partial charge on any atom is 0.126 e. The molecule has 5 heteroatoms. The molecule has 1 fully saturated rings. The number of nitrogen functional groups attached to an aromatic ring is 1. The van der Waals surface area contributed by atoms with Gasteiger partial charge >= 0.3 is 0 Å². The standard InChI is InChI=1S/C14H16BrN3O/c15-11-4-10(13-7-17-18-14(13)16)5-12(6-11)19-8-9-2-1-3-9/h4-7,9H,1-3,8H2,(H3,16,17,18). The van der Waals surface area contributed by atoms with Crippen LogP contribution in [0.2, 0.25) is 0 Å². The predicted octanol–water partition coefficient (Wildman–Crippen LogP) is 3.60. The Morgan fingerprint density at radius 2 is 2.21 bits per heavy atom. The summed E-state index contributed by atoms with van der Waals surface area (Å²) in [6.07, 6.45) is 5.64. The van der Waals surface area contributed by atoms with Gasteiger partial charge in [-0.1, -0.05) is 22.4 Å². The molecule has 1 saturated carbocycles. The number of hydrogen-bond donors (Lipinski definition) is 2. The van der Waals surface area contributed by atoms with Gasteiger partial charge in [-0.05, 0) is 42.5 Å². The molecule has 0 aliphatic heterocycles. The minimum Gasteiger partial charge on any atom is -0.493 e. The lowest BCUT2D eigenvalue weighted by Crippen LogP contribution is -2.19. The van der Waals surface area contributed by atoms with E-state index in [1.807, 2.05) is 18.2 Å². The molecule has 1 aromatic heterocycles. The molecule has 19 heavy (non-hydrogen) atoms. The van der Waals surface area contributed by atoms with Crippen LogP contribution in [0.5, 0.6) is 5.75 Å². The molecule has 0 unspecified atom stereocenters. The van der Waals surface area contributed by atoms with Crippen molar-refractivity contribution in [2.75, 3.05) is 12.3 Å². The summed E-state index contributed by atoms with van der Waals surface area (Å²) in [7, 11) is 0. The lowest BCUT2D eigenvalue weighted by Gasteiger charge is -2.25. The van der Waals surface area contributed by atoms with Gasteiger partial charge in [-0.2, -0.15) is 5.10 Å². The fourth-order valence-electron chi connectivity index (χ4n) is 2.20. The van der Waals surface area contributed by atoms with E-state index in [1.165, 1.54) is 19.3 Å². The van der Waals surface area contributed by atoms with Gasteiger partial charge in [-0.3, -0.25) is 5.10 Å². The van der Waals surface area contributed by atoms with Crippen molar-refractivity contribution in [2.24, 2.45) is 5.92 Å². The number of H-pyrrole nitrogens is 1. The lowest BCUT2D eigenvalue weighted by molar-refractivity contribution is 0.180. The topological polar surface area (TPSA) is 63.9 Å². The van der Waals surface area contributed by atoms with E-state index < -0.39 is 0 Å². The van der Waals surface area contributed by atoms with E-state index in [9.17, 15) is 0 Å². The van der Waals surface area contributed by atoms with E-state index in [1.54, 1.807) is 6.20 Å². The molecule has 1 aliphatic carbocycles. The summed E-state index contributed by atoms with van der Waals surface area (Å²) in [6, 6.07) is 6.00. The van der Waals surface area contributed by atoms with Gasteiger partial charge in [0.1, 0.15) is 11.6 Å². The van der Waals surface area contributed by atoms with E-state index in [0.29, 0.717) is 5.82 Å². The Kier molecular flexibility index (Phi) is 3.46. The largest absolute Gasteiger partial charge is 0.493 e. The number of nitrogens with two attached hydrogens (primary N) is 1.